The molecule has 208 valence electrons. The average Bonchev–Trinajstić information content (AvgIpc) is 3.33. The van der Waals surface area contributed by atoms with E-state index < -0.39 is 16.1 Å². The van der Waals surface area contributed by atoms with E-state index >= 15 is 0 Å². The Hall–Kier alpha value is -3.89. The molecule has 40 heavy (non-hydrogen) atoms. The van der Waals surface area contributed by atoms with Crippen LogP contribution in [0.4, 0.5) is 5.69 Å². The molecule has 3 heterocycles. The summed E-state index contributed by atoms with van der Waals surface area (Å²) in [6.45, 7) is 3.34. The molecule has 1 unspecified atom stereocenters. The largest absolute Gasteiger partial charge is 0.489 e. The van der Waals surface area contributed by atoms with Gasteiger partial charge in [-0.05, 0) is 54.8 Å². The van der Waals surface area contributed by atoms with Crippen molar-refractivity contribution in [1.29, 1.82) is 0 Å². The Morgan fingerprint density at radius 3 is 2.35 bits per heavy atom. The Morgan fingerprint density at radius 1 is 0.875 bits per heavy atom. The predicted octanol–water partition coefficient (Wildman–Crippen LogP) is 3.01. The number of carbonyl (C=O) groups is 2. The fourth-order valence-electron chi connectivity index (χ4n) is 5.66. The third-order valence-electron chi connectivity index (χ3n) is 7.90. The van der Waals surface area contributed by atoms with Crippen molar-refractivity contribution in [2.75, 3.05) is 37.6 Å². The van der Waals surface area contributed by atoms with Crippen molar-refractivity contribution >= 4 is 27.5 Å². The molecule has 0 saturated carbocycles. The normalized spacial score (nSPS) is 19.9. The van der Waals surface area contributed by atoms with Gasteiger partial charge in [0.1, 0.15) is 18.4 Å². The molecule has 3 aromatic rings. The highest BCUT2D eigenvalue weighted by molar-refractivity contribution is 7.89. The summed E-state index contributed by atoms with van der Waals surface area (Å²) in [6.07, 6.45) is 1.50. The first kappa shape index (κ1) is 26.3. The number of hydrogen-bond donors (Lipinski definition) is 1. The van der Waals surface area contributed by atoms with Crippen LogP contribution in [0.2, 0.25) is 0 Å². The zero-order chi connectivity index (χ0) is 27.7. The maximum absolute atomic E-state index is 13.3. The number of hydrogen-bond acceptors (Lipinski definition) is 6. The number of carbonyl (C=O) groups excluding carboxylic acids is 2. The summed E-state index contributed by atoms with van der Waals surface area (Å²) in [5, 5.41) is 2.85. The number of rotatable bonds is 7. The first-order valence-corrected chi connectivity index (χ1v) is 15.1. The van der Waals surface area contributed by atoms with Gasteiger partial charge in [-0.1, -0.05) is 36.4 Å². The van der Waals surface area contributed by atoms with Crippen LogP contribution in [0.5, 0.6) is 5.75 Å². The third kappa shape index (κ3) is 5.04. The van der Waals surface area contributed by atoms with E-state index in [1.165, 1.54) is 0 Å². The molecular weight excluding hydrogens is 528 g/mol. The topological polar surface area (TPSA) is 99.3 Å². The SMILES string of the molecule is O=C1NCCCC1N1Cc2c(OCc3ccc(S(=O)(=O)N4CCN(c5ccccc5)CC4)cc3)cccc2C1=O. The molecule has 6 rings (SSSR count). The van der Waals surface area contributed by atoms with Crippen molar-refractivity contribution < 1.29 is 22.7 Å². The van der Waals surface area contributed by atoms with Gasteiger partial charge in [0.25, 0.3) is 5.91 Å². The van der Waals surface area contributed by atoms with Crippen molar-refractivity contribution in [2.45, 2.75) is 36.9 Å². The van der Waals surface area contributed by atoms with Crippen molar-refractivity contribution in [1.82, 2.24) is 14.5 Å². The van der Waals surface area contributed by atoms with E-state index in [1.807, 2.05) is 36.4 Å². The molecule has 10 heteroatoms. The Morgan fingerprint density at radius 2 is 1.62 bits per heavy atom. The quantitative estimate of drug-likeness (QED) is 0.477. The van der Waals surface area contributed by atoms with E-state index in [2.05, 4.69) is 10.2 Å². The number of para-hydroxylation sites is 1. The molecule has 3 aliphatic heterocycles. The smallest absolute Gasteiger partial charge is 0.255 e. The van der Waals surface area contributed by atoms with Gasteiger partial charge in [-0.25, -0.2) is 8.42 Å². The molecule has 2 amide bonds. The fraction of sp³-hybridized carbons (Fsp3) is 0.333. The predicted molar refractivity (Wildman–Crippen MR) is 151 cm³/mol. The van der Waals surface area contributed by atoms with Gasteiger partial charge in [0.2, 0.25) is 15.9 Å². The van der Waals surface area contributed by atoms with Crippen LogP contribution in [-0.4, -0.2) is 68.2 Å². The summed E-state index contributed by atoms with van der Waals surface area (Å²) < 4.78 is 34.2. The van der Waals surface area contributed by atoms with E-state index in [0.717, 1.165) is 23.2 Å². The highest BCUT2D eigenvalue weighted by atomic mass is 32.2. The van der Waals surface area contributed by atoms with Crippen molar-refractivity contribution in [2.24, 2.45) is 0 Å². The molecule has 0 aliphatic carbocycles. The second-order valence-corrected chi connectivity index (χ2v) is 12.3. The van der Waals surface area contributed by atoms with Gasteiger partial charge in [-0.2, -0.15) is 4.31 Å². The number of benzene rings is 3. The second kappa shape index (κ2) is 10.9. The maximum Gasteiger partial charge on any atom is 0.255 e. The van der Waals surface area contributed by atoms with Crippen LogP contribution in [0, 0.1) is 0 Å². The summed E-state index contributed by atoms with van der Waals surface area (Å²) in [4.78, 5) is 29.5. The number of ether oxygens (including phenoxy) is 1. The van der Waals surface area contributed by atoms with E-state index in [4.69, 9.17) is 4.74 Å². The second-order valence-electron chi connectivity index (χ2n) is 10.3. The van der Waals surface area contributed by atoms with Gasteiger partial charge >= 0.3 is 0 Å². The van der Waals surface area contributed by atoms with Crippen LogP contribution in [0.1, 0.15) is 34.3 Å². The molecule has 3 aromatic carbocycles. The summed E-state index contributed by atoms with van der Waals surface area (Å²) in [7, 11) is -3.60. The monoisotopic (exact) mass is 560 g/mol. The van der Waals surface area contributed by atoms with Crippen LogP contribution >= 0.6 is 0 Å². The highest BCUT2D eigenvalue weighted by Gasteiger charge is 2.38. The number of nitrogens with one attached hydrogen (secondary N) is 1. The lowest BCUT2D eigenvalue weighted by Crippen LogP contribution is -2.50. The summed E-state index contributed by atoms with van der Waals surface area (Å²) in [5.41, 5.74) is 3.26. The molecule has 2 saturated heterocycles. The Balaban J connectivity index is 1.09. The first-order valence-electron chi connectivity index (χ1n) is 13.6. The average molecular weight is 561 g/mol. The third-order valence-corrected chi connectivity index (χ3v) is 9.81. The zero-order valence-electron chi connectivity index (χ0n) is 22.2. The van der Waals surface area contributed by atoms with Gasteiger partial charge in [0.05, 0.1) is 11.4 Å². The van der Waals surface area contributed by atoms with Crippen LogP contribution in [0.25, 0.3) is 0 Å². The summed E-state index contributed by atoms with van der Waals surface area (Å²) in [5.74, 6) is 0.335. The highest BCUT2D eigenvalue weighted by Crippen LogP contribution is 2.34. The summed E-state index contributed by atoms with van der Waals surface area (Å²) in [6, 6.07) is 21.7. The Bertz CT molecular complexity index is 1500. The number of amides is 2. The molecule has 0 aromatic heterocycles. The fourth-order valence-corrected chi connectivity index (χ4v) is 7.08. The lowest BCUT2D eigenvalue weighted by molar-refractivity contribution is -0.127. The maximum atomic E-state index is 13.3. The van der Waals surface area contributed by atoms with Crippen LogP contribution in [-0.2, 0) is 28.0 Å². The lowest BCUT2D eigenvalue weighted by Gasteiger charge is -2.35. The number of nitrogens with zero attached hydrogens (tertiary/aromatic N) is 3. The minimum atomic E-state index is -3.60. The van der Waals surface area contributed by atoms with Gasteiger partial charge in [0.15, 0.2) is 0 Å². The van der Waals surface area contributed by atoms with E-state index in [9.17, 15) is 18.0 Å². The standard InChI is InChI=1S/C30H32N4O5S/c35-29-27(9-5-15-31-29)34-20-26-25(30(34)36)8-4-10-28(26)39-21-22-11-13-24(14-12-22)40(37,38)33-18-16-32(17-19-33)23-6-2-1-3-7-23/h1-4,6-8,10-14,27H,5,9,15-21H2,(H,31,35). The molecule has 9 nitrogen and oxygen atoms in total. The van der Waals surface area contributed by atoms with Gasteiger partial charge < -0.3 is 19.9 Å². The minimum Gasteiger partial charge on any atom is -0.489 e. The van der Waals surface area contributed by atoms with Crippen molar-refractivity contribution in [3.63, 3.8) is 0 Å². The van der Waals surface area contributed by atoms with E-state index in [1.54, 1.807) is 45.6 Å². The molecule has 0 radical (unpaired) electrons. The molecule has 1 atom stereocenters. The van der Waals surface area contributed by atoms with Crippen LogP contribution in [0.3, 0.4) is 0 Å². The molecule has 1 N–H and O–H groups in total. The van der Waals surface area contributed by atoms with Crippen LogP contribution in [0.15, 0.2) is 77.7 Å². The number of fused-ring (bicyclic) bond motifs is 1. The Labute approximate surface area is 234 Å². The van der Waals surface area contributed by atoms with Crippen LogP contribution < -0.4 is 15.0 Å². The van der Waals surface area contributed by atoms with E-state index in [-0.39, 0.29) is 23.3 Å². The van der Waals surface area contributed by atoms with Gasteiger partial charge in [-0.3, -0.25) is 9.59 Å². The molecule has 0 spiro atoms. The summed E-state index contributed by atoms with van der Waals surface area (Å²) >= 11 is 0. The molecular formula is C30H32N4O5S. The number of anilines is 1. The molecule has 3 aliphatic rings. The lowest BCUT2D eigenvalue weighted by atomic mass is 10.1. The number of sulfonamides is 1. The molecule has 0 bridgehead atoms. The van der Waals surface area contributed by atoms with Gasteiger partial charge in [-0.15, -0.1) is 0 Å². The van der Waals surface area contributed by atoms with E-state index in [0.29, 0.717) is 57.0 Å². The zero-order valence-corrected chi connectivity index (χ0v) is 23.0. The number of piperidine rings is 1. The van der Waals surface area contributed by atoms with Gasteiger partial charge in [0, 0.05) is 49.5 Å². The van der Waals surface area contributed by atoms with Crippen molar-refractivity contribution in [3.05, 3.63) is 89.5 Å². The number of piperazine rings is 1. The minimum absolute atomic E-state index is 0.108. The Kier molecular flexibility index (Phi) is 7.20. The first-order chi connectivity index (χ1) is 19.4. The molecule has 2 fully saturated rings. The van der Waals surface area contributed by atoms with Crippen molar-refractivity contribution in [3.8, 4) is 5.75 Å².